The molecule has 1 N–H and O–H groups in total. The number of carbonyl (C=O) groups is 1. The number of aromatic nitrogens is 4. The number of aryl methyl sites for hydroxylation is 1. The molecule has 0 aliphatic rings. The Morgan fingerprint density at radius 2 is 2.20 bits per heavy atom. The first kappa shape index (κ1) is 15.5. The summed E-state index contributed by atoms with van der Waals surface area (Å²) in [7, 11) is 0. The molecule has 0 atom stereocenters. The third kappa shape index (κ3) is 2.80. The molecule has 8 heteroatoms. The standard InChI is InChI=1S/C17H15N5O2S/c1-11-20-21(10-16(23)19-9-12-3-2-5-18-8-12)17(24)14-7-15-13(22(11)14)4-6-25-15/h2-8H,9-10H2,1H3,(H,19,23). The van der Waals surface area contributed by atoms with Crippen molar-refractivity contribution in [3.63, 3.8) is 0 Å². The Kier molecular flexibility index (Phi) is 3.81. The second kappa shape index (κ2) is 6.14. The van der Waals surface area contributed by atoms with Crippen LogP contribution in [0.25, 0.3) is 15.7 Å². The van der Waals surface area contributed by atoms with E-state index in [4.69, 9.17) is 0 Å². The zero-order chi connectivity index (χ0) is 17.4. The van der Waals surface area contributed by atoms with E-state index < -0.39 is 0 Å². The Morgan fingerprint density at radius 1 is 1.32 bits per heavy atom. The maximum atomic E-state index is 12.7. The quantitative estimate of drug-likeness (QED) is 0.606. The smallest absolute Gasteiger partial charge is 0.291 e. The Labute approximate surface area is 146 Å². The molecule has 25 heavy (non-hydrogen) atoms. The fourth-order valence-corrected chi connectivity index (χ4v) is 3.63. The summed E-state index contributed by atoms with van der Waals surface area (Å²) >= 11 is 1.57. The van der Waals surface area contributed by atoms with Gasteiger partial charge in [0.2, 0.25) is 5.91 Å². The molecule has 0 unspecified atom stereocenters. The number of carbonyl (C=O) groups excluding carboxylic acids is 1. The number of rotatable bonds is 4. The average molecular weight is 353 g/mol. The van der Waals surface area contributed by atoms with Crippen molar-refractivity contribution >= 4 is 33.0 Å². The van der Waals surface area contributed by atoms with Crippen LogP contribution in [-0.2, 0) is 17.9 Å². The molecule has 4 aromatic heterocycles. The van der Waals surface area contributed by atoms with E-state index in [-0.39, 0.29) is 18.0 Å². The molecule has 4 aromatic rings. The highest BCUT2D eigenvalue weighted by Gasteiger charge is 2.14. The topological polar surface area (TPSA) is 81.3 Å². The van der Waals surface area contributed by atoms with Crippen molar-refractivity contribution in [2.75, 3.05) is 0 Å². The van der Waals surface area contributed by atoms with Gasteiger partial charge in [0.05, 0.1) is 10.2 Å². The molecule has 0 fully saturated rings. The van der Waals surface area contributed by atoms with E-state index in [0.717, 1.165) is 15.8 Å². The molecule has 0 aromatic carbocycles. The maximum absolute atomic E-state index is 12.7. The van der Waals surface area contributed by atoms with Crippen LogP contribution >= 0.6 is 11.3 Å². The van der Waals surface area contributed by atoms with E-state index in [1.807, 2.05) is 41.0 Å². The number of nitrogens with one attached hydrogen (secondary N) is 1. The van der Waals surface area contributed by atoms with Gasteiger partial charge in [-0.15, -0.1) is 11.3 Å². The lowest BCUT2D eigenvalue weighted by Gasteiger charge is -2.09. The summed E-state index contributed by atoms with van der Waals surface area (Å²) in [6.07, 6.45) is 3.36. The predicted molar refractivity (Wildman–Crippen MR) is 95.7 cm³/mol. The van der Waals surface area contributed by atoms with Gasteiger partial charge in [-0.3, -0.25) is 19.0 Å². The van der Waals surface area contributed by atoms with Crippen LogP contribution in [0.4, 0.5) is 0 Å². The lowest BCUT2D eigenvalue weighted by molar-refractivity contribution is -0.122. The summed E-state index contributed by atoms with van der Waals surface area (Å²) in [5, 5.41) is 9.06. The normalized spacial score (nSPS) is 11.2. The fraction of sp³-hybridized carbons (Fsp3) is 0.176. The summed E-state index contributed by atoms with van der Waals surface area (Å²) in [6.45, 7) is 2.08. The third-order valence-electron chi connectivity index (χ3n) is 3.97. The van der Waals surface area contributed by atoms with Crippen molar-refractivity contribution in [1.82, 2.24) is 24.5 Å². The maximum Gasteiger partial charge on any atom is 0.291 e. The van der Waals surface area contributed by atoms with Gasteiger partial charge >= 0.3 is 0 Å². The van der Waals surface area contributed by atoms with Crippen molar-refractivity contribution in [3.8, 4) is 0 Å². The van der Waals surface area contributed by atoms with Crippen LogP contribution in [0.3, 0.4) is 0 Å². The van der Waals surface area contributed by atoms with Crippen molar-refractivity contribution in [2.24, 2.45) is 0 Å². The Bertz CT molecular complexity index is 1130. The van der Waals surface area contributed by atoms with Crippen LogP contribution in [0.15, 0.2) is 46.8 Å². The molecule has 0 saturated heterocycles. The second-order valence-corrected chi connectivity index (χ2v) is 6.63. The summed E-state index contributed by atoms with van der Waals surface area (Å²) < 4.78 is 4.08. The predicted octanol–water partition coefficient (Wildman–Crippen LogP) is 1.73. The van der Waals surface area contributed by atoms with Gasteiger partial charge in [0.1, 0.15) is 17.9 Å². The summed E-state index contributed by atoms with van der Waals surface area (Å²) in [4.78, 5) is 28.8. The van der Waals surface area contributed by atoms with Crippen LogP contribution in [0.1, 0.15) is 11.4 Å². The molecule has 0 spiro atoms. The molecule has 7 nitrogen and oxygen atoms in total. The zero-order valence-electron chi connectivity index (χ0n) is 13.5. The number of thiophene rings is 1. The van der Waals surface area contributed by atoms with Gasteiger partial charge in [-0.2, -0.15) is 5.10 Å². The van der Waals surface area contributed by atoms with Gasteiger partial charge in [0, 0.05) is 18.9 Å². The zero-order valence-corrected chi connectivity index (χ0v) is 14.3. The lowest BCUT2D eigenvalue weighted by atomic mass is 10.3. The number of nitrogens with zero attached hydrogens (tertiary/aromatic N) is 4. The van der Waals surface area contributed by atoms with Gasteiger partial charge in [-0.25, -0.2) is 4.68 Å². The second-order valence-electron chi connectivity index (χ2n) is 5.68. The fourth-order valence-electron chi connectivity index (χ4n) is 2.83. The molecule has 0 bridgehead atoms. The van der Waals surface area contributed by atoms with Crippen molar-refractivity contribution in [1.29, 1.82) is 0 Å². The number of fused-ring (bicyclic) bond motifs is 3. The number of amides is 1. The Balaban J connectivity index is 1.60. The first-order valence-corrected chi connectivity index (χ1v) is 8.63. The Morgan fingerprint density at radius 3 is 3.00 bits per heavy atom. The van der Waals surface area contributed by atoms with Gasteiger partial charge < -0.3 is 5.32 Å². The van der Waals surface area contributed by atoms with Gasteiger partial charge in [-0.1, -0.05) is 6.07 Å². The van der Waals surface area contributed by atoms with E-state index in [1.54, 1.807) is 23.7 Å². The minimum Gasteiger partial charge on any atom is -0.350 e. The van der Waals surface area contributed by atoms with Crippen molar-refractivity contribution in [2.45, 2.75) is 20.0 Å². The van der Waals surface area contributed by atoms with Crippen LogP contribution < -0.4 is 10.9 Å². The number of hydrogen-bond acceptors (Lipinski definition) is 5. The molecule has 0 aliphatic heterocycles. The van der Waals surface area contributed by atoms with E-state index in [2.05, 4.69) is 15.4 Å². The monoisotopic (exact) mass is 353 g/mol. The largest absolute Gasteiger partial charge is 0.350 e. The molecule has 4 rings (SSSR count). The van der Waals surface area contributed by atoms with E-state index >= 15 is 0 Å². The molecule has 0 radical (unpaired) electrons. The van der Waals surface area contributed by atoms with Gasteiger partial charge in [-0.05, 0) is 36.1 Å². The van der Waals surface area contributed by atoms with Crippen LogP contribution in [0.5, 0.6) is 0 Å². The van der Waals surface area contributed by atoms with Crippen LogP contribution in [0.2, 0.25) is 0 Å². The van der Waals surface area contributed by atoms with E-state index in [0.29, 0.717) is 17.9 Å². The molecule has 1 amide bonds. The highest BCUT2D eigenvalue weighted by Crippen LogP contribution is 2.24. The van der Waals surface area contributed by atoms with Crippen molar-refractivity contribution in [3.05, 3.63) is 63.8 Å². The molecular formula is C17H15N5O2S. The average Bonchev–Trinajstić information content (AvgIpc) is 3.19. The summed E-state index contributed by atoms with van der Waals surface area (Å²) in [5.41, 5.74) is 2.13. The third-order valence-corrected chi connectivity index (χ3v) is 4.82. The van der Waals surface area contributed by atoms with Crippen LogP contribution in [-0.4, -0.2) is 25.1 Å². The molecule has 0 saturated carbocycles. The first-order chi connectivity index (χ1) is 12.1. The minimum absolute atomic E-state index is 0.116. The molecule has 4 heterocycles. The highest BCUT2D eigenvalue weighted by molar-refractivity contribution is 7.17. The van der Waals surface area contributed by atoms with Crippen molar-refractivity contribution < 1.29 is 4.79 Å². The minimum atomic E-state index is -0.273. The summed E-state index contributed by atoms with van der Waals surface area (Å²) in [5.74, 6) is 0.402. The van der Waals surface area contributed by atoms with Crippen LogP contribution in [0, 0.1) is 6.92 Å². The number of pyridine rings is 1. The Hall–Kier alpha value is -3.00. The molecular weight excluding hydrogens is 338 g/mol. The van der Waals surface area contributed by atoms with Gasteiger partial charge in [0.25, 0.3) is 5.56 Å². The lowest BCUT2D eigenvalue weighted by Crippen LogP contribution is -2.34. The van der Waals surface area contributed by atoms with E-state index in [1.165, 1.54) is 4.68 Å². The van der Waals surface area contributed by atoms with Gasteiger partial charge in [0.15, 0.2) is 0 Å². The SMILES string of the molecule is Cc1nn(CC(=O)NCc2cccnc2)c(=O)c2cc3sccc3n12. The highest BCUT2D eigenvalue weighted by atomic mass is 32.1. The van der Waals surface area contributed by atoms with E-state index in [9.17, 15) is 9.59 Å². The number of hydrogen-bond donors (Lipinski definition) is 1. The molecule has 0 aliphatic carbocycles. The first-order valence-electron chi connectivity index (χ1n) is 7.75. The molecule has 126 valence electrons. The summed E-state index contributed by atoms with van der Waals surface area (Å²) in [6, 6.07) is 7.50.